The fourth-order valence-electron chi connectivity index (χ4n) is 1.98. The van der Waals surface area contributed by atoms with Crippen LogP contribution in [0.4, 0.5) is 0 Å². The first-order valence-electron chi connectivity index (χ1n) is 5.37. The molecule has 1 heterocycles. The standard InChI is InChI=1S/C11H18N2O3/c1-12(2)8-9-4-3-7-13(9)10(14)5-6-11(15)16/h5-6,9H,3-4,7-8H2,1-2H3,(H,15,16). The zero-order chi connectivity index (χ0) is 12.1. The average molecular weight is 226 g/mol. The van der Waals surface area contributed by atoms with Gasteiger partial charge in [0.05, 0.1) is 0 Å². The zero-order valence-corrected chi connectivity index (χ0v) is 9.72. The summed E-state index contributed by atoms with van der Waals surface area (Å²) in [7, 11) is 3.93. The summed E-state index contributed by atoms with van der Waals surface area (Å²) >= 11 is 0. The minimum absolute atomic E-state index is 0.202. The van der Waals surface area contributed by atoms with E-state index in [0.717, 1.165) is 38.1 Å². The fourth-order valence-corrected chi connectivity index (χ4v) is 1.98. The van der Waals surface area contributed by atoms with Gasteiger partial charge in [-0.05, 0) is 26.9 Å². The summed E-state index contributed by atoms with van der Waals surface area (Å²) in [5, 5.41) is 8.45. The van der Waals surface area contributed by atoms with Gasteiger partial charge >= 0.3 is 5.97 Å². The van der Waals surface area contributed by atoms with Gasteiger partial charge in [-0.2, -0.15) is 0 Å². The third-order valence-electron chi connectivity index (χ3n) is 2.60. The van der Waals surface area contributed by atoms with E-state index in [4.69, 9.17) is 5.11 Å². The van der Waals surface area contributed by atoms with Crippen LogP contribution in [-0.4, -0.2) is 60.0 Å². The number of carbonyl (C=O) groups is 2. The molecule has 0 saturated carbocycles. The lowest BCUT2D eigenvalue weighted by Gasteiger charge is -2.26. The molecular formula is C11H18N2O3. The molecule has 1 aliphatic heterocycles. The predicted molar refractivity (Wildman–Crippen MR) is 60.1 cm³/mol. The van der Waals surface area contributed by atoms with Gasteiger partial charge in [-0.1, -0.05) is 0 Å². The Morgan fingerprint density at radius 2 is 2.12 bits per heavy atom. The van der Waals surface area contributed by atoms with Crippen LogP contribution >= 0.6 is 0 Å². The molecule has 5 nitrogen and oxygen atoms in total. The van der Waals surface area contributed by atoms with Crippen molar-refractivity contribution in [1.29, 1.82) is 0 Å². The van der Waals surface area contributed by atoms with Gasteiger partial charge in [0.2, 0.25) is 5.91 Å². The second-order valence-electron chi connectivity index (χ2n) is 4.26. The molecular weight excluding hydrogens is 208 g/mol. The Morgan fingerprint density at radius 1 is 1.44 bits per heavy atom. The van der Waals surface area contributed by atoms with Gasteiger partial charge in [0.25, 0.3) is 0 Å². The van der Waals surface area contributed by atoms with Crippen LogP contribution in [0, 0.1) is 0 Å². The second kappa shape index (κ2) is 5.65. The van der Waals surface area contributed by atoms with Crippen LogP contribution < -0.4 is 0 Å². The maximum Gasteiger partial charge on any atom is 0.328 e. The molecule has 0 aromatic carbocycles. The van der Waals surface area contributed by atoms with Gasteiger partial charge in [-0.3, -0.25) is 4.79 Å². The highest BCUT2D eigenvalue weighted by Gasteiger charge is 2.27. The van der Waals surface area contributed by atoms with Crippen molar-refractivity contribution in [2.45, 2.75) is 18.9 Å². The van der Waals surface area contributed by atoms with Crippen molar-refractivity contribution in [2.24, 2.45) is 0 Å². The number of carboxylic acid groups (broad SMARTS) is 1. The summed E-state index contributed by atoms with van der Waals surface area (Å²) < 4.78 is 0. The van der Waals surface area contributed by atoms with Crippen LogP contribution in [-0.2, 0) is 9.59 Å². The normalized spacial score (nSPS) is 20.9. The fraction of sp³-hybridized carbons (Fsp3) is 0.636. The Hall–Kier alpha value is -1.36. The van der Waals surface area contributed by atoms with E-state index >= 15 is 0 Å². The molecule has 0 radical (unpaired) electrons. The Morgan fingerprint density at radius 3 is 2.69 bits per heavy atom. The number of amides is 1. The van der Waals surface area contributed by atoms with E-state index in [2.05, 4.69) is 0 Å². The second-order valence-corrected chi connectivity index (χ2v) is 4.26. The van der Waals surface area contributed by atoms with Gasteiger partial charge in [0.1, 0.15) is 0 Å². The molecule has 1 rings (SSSR count). The van der Waals surface area contributed by atoms with Gasteiger partial charge in [0, 0.05) is 31.3 Å². The molecule has 0 spiro atoms. The number of hydrogen-bond acceptors (Lipinski definition) is 3. The maximum atomic E-state index is 11.7. The average Bonchev–Trinajstić information content (AvgIpc) is 2.61. The third kappa shape index (κ3) is 3.66. The number of rotatable bonds is 4. The van der Waals surface area contributed by atoms with E-state index in [9.17, 15) is 9.59 Å². The lowest BCUT2D eigenvalue weighted by molar-refractivity contribution is -0.132. The molecule has 0 bridgehead atoms. The highest BCUT2D eigenvalue weighted by molar-refractivity contribution is 5.94. The molecule has 1 fully saturated rings. The third-order valence-corrected chi connectivity index (χ3v) is 2.60. The van der Waals surface area contributed by atoms with Crippen LogP contribution in [0.15, 0.2) is 12.2 Å². The van der Waals surface area contributed by atoms with Crippen LogP contribution in [0.3, 0.4) is 0 Å². The monoisotopic (exact) mass is 226 g/mol. The largest absolute Gasteiger partial charge is 0.478 e. The zero-order valence-electron chi connectivity index (χ0n) is 9.72. The van der Waals surface area contributed by atoms with E-state index < -0.39 is 5.97 Å². The quantitative estimate of drug-likeness (QED) is 0.695. The molecule has 1 amide bonds. The maximum absolute atomic E-state index is 11.7. The lowest BCUT2D eigenvalue weighted by Crippen LogP contribution is -2.40. The van der Waals surface area contributed by atoms with E-state index in [0.29, 0.717) is 0 Å². The van der Waals surface area contributed by atoms with Crippen LogP contribution in [0.1, 0.15) is 12.8 Å². The van der Waals surface area contributed by atoms with Crippen molar-refractivity contribution in [1.82, 2.24) is 9.80 Å². The Balaban J connectivity index is 2.57. The summed E-state index contributed by atoms with van der Waals surface area (Å²) in [5.41, 5.74) is 0. The first-order chi connectivity index (χ1) is 7.50. The van der Waals surface area contributed by atoms with Gasteiger partial charge in [0.15, 0.2) is 0 Å². The molecule has 90 valence electrons. The SMILES string of the molecule is CN(C)CC1CCCN1C(=O)C=CC(=O)O. The molecule has 0 aromatic rings. The first-order valence-corrected chi connectivity index (χ1v) is 5.37. The summed E-state index contributed by atoms with van der Waals surface area (Å²) in [5.74, 6) is -1.29. The predicted octanol–water partition coefficient (Wildman–Crippen LogP) is 0.180. The minimum Gasteiger partial charge on any atom is -0.478 e. The molecule has 5 heteroatoms. The first kappa shape index (κ1) is 12.7. The Labute approximate surface area is 95.3 Å². The van der Waals surface area contributed by atoms with Gasteiger partial charge in [-0.15, -0.1) is 0 Å². The van der Waals surface area contributed by atoms with Crippen LogP contribution in [0.5, 0.6) is 0 Å². The Kier molecular flexibility index (Phi) is 4.49. The molecule has 16 heavy (non-hydrogen) atoms. The van der Waals surface area contributed by atoms with E-state index in [1.165, 1.54) is 0 Å². The highest BCUT2D eigenvalue weighted by atomic mass is 16.4. The van der Waals surface area contributed by atoms with E-state index in [-0.39, 0.29) is 11.9 Å². The molecule has 1 unspecified atom stereocenters. The van der Waals surface area contributed by atoms with Crippen molar-refractivity contribution in [3.05, 3.63) is 12.2 Å². The van der Waals surface area contributed by atoms with Crippen molar-refractivity contribution in [3.8, 4) is 0 Å². The van der Waals surface area contributed by atoms with Crippen molar-refractivity contribution in [2.75, 3.05) is 27.2 Å². The Bertz CT molecular complexity index is 300. The number of carboxylic acids is 1. The van der Waals surface area contributed by atoms with Crippen molar-refractivity contribution in [3.63, 3.8) is 0 Å². The molecule has 0 aliphatic carbocycles. The molecule has 1 aliphatic rings. The number of hydrogen-bond donors (Lipinski definition) is 1. The summed E-state index contributed by atoms with van der Waals surface area (Å²) in [6.07, 6.45) is 4.01. The number of likely N-dealkylation sites (N-methyl/N-ethyl adjacent to an activating group) is 1. The van der Waals surface area contributed by atoms with Crippen molar-refractivity contribution < 1.29 is 14.7 Å². The minimum atomic E-state index is -1.09. The molecule has 1 atom stereocenters. The number of nitrogens with zero attached hydrogens (tertiary/aromatic N) is 2. The number of carbonyl (C=O) groups excluding carboxylic acids is 1. The topological polar surface area (TPSA) is 60.9 Å². The summed E-state index contributed by atoms with van der Waals surface area (Å²) in [6.45, 7) is 1.55. The number of likely N-dealkylation sites (tertiary alicyclic amines) is 1. The van der Waals surface area contributed by atoms with Gasteiger partial charge < -0.3 is 14.9 Å². The lowest BCUT2D eigenvalue weighted by atomic mass is 10.2. The molecule has 0 aromatic heterocycles. The van der Waals surface area contributed by atoms with Crippen LogP contribution in [0.2, 0.25) is 0 Å². The van der Waals surface area contributed by atoms with E-state index in [1.54, 1.807) is 4.90 Å². The number of aliphatic carboxylic acids is 1. The molecule has 1 N–H and O–H groups in total. The highest BCUT2D eigenvalue weighted by Crippen LogP contribution is 2.17. The van der Waals surface area contributed by atoms with Crippen molar-refractivity contribution >= 4 is 11.9 Å². The van der Waals surface area contributed by atoms with Gasteiger partial charge in [-0.25, -0.2) is 4.79 Å². The summed E-state index contributed by atoms with van der Waals surface area (Å²) in [4.78, 5) is 25.8. The molecule has 1 saturated heterocycles. The van der Waals surface area contributed by atoms with Crippen LogP contribution in [0.25, 0.3) is 0 Å². The smallest absolute Gasteiger partial charge is 0.328 e. The van der Waals surface area contributed by atoms with E-state index in [1.807, 2.05) is 19.0 Å². The summed E-state index contributed by atoms with van der Waals surface area (Å²) in [6, 6.07) is 0.209.